The van der Waals surface area contributed by atoms with Crippen LogP contribution in [0.3, 0.4) is 0 Å². The largest absolute Gasteiger partial charge is 0.385 e. The Balaban J connectivity index is 1.95. The molecule has 0 radical (unpaired) electrons. The Bertz CT molecular complexity index is 418. The third-order valence-electron chi connectivity index (χ3n) is 3.28. The number of hydrogen-bond donors (Lipinski definition) is 2. The molecule has 0 bridgehead atoms. The van der Waals surface area contributed by atoms with E-state index in [9.17, 15) is 9.90 Å². The number of carbonyl (C=O) groups is 1. The highest BCUT2D eigenvalue weighted by atomic mass is 32.1. The normalized spacial score (nSPS) is 28.3. The molecule has 2 atom stereocenters. The summed E-state index contributed by atoms with van der Waals surface area (Å²) in [6.07, 6.45) is 0.338. The van der Waals surface area contributed by atoms with Crippen molar-refractivity contribution in [2.24, 2.45) is 0 Å². The van der Waals surface area contributed by atoms with Gasteiger partial charge in [0.2, 0.25) is 0 Å². The zero-order valence-corrected chi connectivity index (χ0v) is 10.8. The van der Waals surface area contributed by atoms with Crippen LogP contribution in [0.5, 0.6) is 0 Å². The Labute approximate surface area is 105 Å². The van der Waals surface area contributed by atoms with Gasteiger partial charge >= 0.3 is 0 Å². The van der Waals surface area contributed by atoms with Crippen LogP contribution in [0.4, 0.5) is 0 Å². The summed E-state index contributed by atoms with van der Waals surface area (Å²) in [5, 5.41) is 14.9. The molecule has 1 aromatic heterocycles. The van der Waals surface area contributed by atoms with E-state index in [1.54, 1.807) is 0 Å². The summed E-state index contributed by atoms with van der Waals surface area (Å²) in [7, 11) is 0. The Kier molecular flexibility index (Phi) is 3.51. The first kappa shape index (κ1) is 12.5. The summed E-state index contributed by atoms with van der Waals surface area (Å²) in [5.74, 6) is -0.120. The quantitative estimate of drug-likeness (QED) is 0.856. The van der Waals surface area contributed by atoms with Gasteiger partial charge in [0, 0.05) is 19.6 Å². The van der Waals surface area contributed by atoms with Crippen molar-refractivity contribution >= 4 is 17.2 Å². The molecule has 94 valence electrons. The van der Waals surface area contributed by atoms with Crippen LogP contribution in [0.1, 0.15) is 28.6 Å². The van der Waals surface area contributed by atoms with E-state index < -0.39 is 5.60 Å². The van der Waals surface area contributed by atoms with Crippen molar-refractivity contribution in [1.29, 1.82) is 0 Å². The highest BCUT2D eigenvalue weighted by Gasteiger charge is 2.39. The van der Waals surface area contributed by atoms with E-state index in [0.717, 1.165) is 5.56 Å². The lowest BCUT2D eigenvalue weighted by Gasteiger charge is -2.26. The van der Waals surface area contributed by atoms with Crippen LogP contribution in [-0.2, 0) is 4.74 Å². The van der Waals surface area contributed by atoms with Gasteiger partial charge in [-0.05, 0) is 30.9 Å². The maximum atomic E-state index is 11.9. The standard InChI is InChI=1S/C12H17NO3S/c1-8-3-6-17-10(8)11(14)13-7-12(15)4-5-16-9(12)2/h3,6,9,15H,4-5,7H2,1-2H3,(H,13,14). The molecule has 1 fully saturated rings. The highest BCUT2D eigenvalue weighted by molar-refractivity contribution is 7.12. The van der Waals surface area contributed by atoms with Gasteiger partial charge < -0.3 is 15.2 Å². The maximum Gasteiger partial charge on any atom is 0.261 e. The van der Waals surface area contributed by atoms with Gasteiger partial charge in [-0.1, -0.05) is 0 Å². The number of rotatable bonds is 3. The molecule has 2 rings (SSSR count). The molecule has 1 aliphatic heterocycles. The highest BCUT2D eigenvalue weighted by Crippen LogP contribution is 2.25. The Morgan fingerprint density at radius 3 is 3.06 bits per heavy atom. The van der Waals surface area contributed by atoms with Gasteiger partial charge in [0.1, 0.15) is 5.60 Å². The minimum absolute atomic E-state index is 0.120. The molecule has 0 aromatic carbocycles. The molecular weight excluding hydrogens is 238 g/mol. The molecule has 2 heterocycles. The lowest BCUT2D eigenvalue weighted by atomic mass is 9.97. The molecule has 4 nitrogen and oxygen atoms in total. The van der Waals surface area contributed by atoms with Gasteiger partial charge in [0.05, 0.1) is 11.0 Å². The Morgan fingerprint density at radius 2 is 2.53 bits per heavy atom. The molecule has 1 saturated heterocycles. The molecule has 5 heteroatoms. The third-order valence-corrected chi connectivity index (χ3v) is 4.30. The zero-order chi connectivity index (χ0) is 12.5. The minimum Gasteiger partial charge on any atom is -0.385 e. The van der Waals surface area contributed by atoms with Crippen molar-refractivity contribution < 1.29 is 14.6 Å². The van der Waals surface area contributed by atoms with Gasteiger partial charge in [-0.15, -0.1) is 11.3 Å². The molecule has 0 saturated carbocycles. The fourth-order valence-corrected chi connectivity index (χ4v) is 2.76. The average Bonchev–Trinajstić information content (AvgIpc) is 2.84. The number of amides is 1. The monoisotopic (exact) mass is 255 g/mol. The summed E-state index contributed by atoms with van der Waals surface area (Å²) in [4.78, 5) is 12.6. The van der Waals surface area contributed by atoms with Crippen LogP contribution >= 0.6 is 11.3 Å². The fourth-order valence-electron chi connectivity index (χ4n) is 1.92. The van der Waals surface area contributed by atoms with E-state index in [1.165, 1.54) is 11.3 Å². The number of carbonyl (C=O) groups excluding carboxylic acids is 1. The van der Waals surface area contributed by atoms with Crippen molar-refractivity contribution in [3.05, 3.63) is 21.9 Å². The van der Waals surface area contributed by atoms with E-state index in [0.29, 0.717) is 17.9 Å². The summed E-state index contributed by atoms with van der Waals surface area (Å²) in [6, 6.07) is 1.91. The molecule has 1 aliphatic rings. The number of aryl methyl sites for hydroxylation is 1. The first-order chi connectivity index (χ1) is 8.03. The number of ether oxygens (including phenoxy) is 1. The van der Waals surface area contributed by atoms with E-state index in [-0.39, 0.29) is 18.6 Å². The van der Waals surface area contributed by atoms with Crippen LogP contribution in [0.2, 0.25) is 0 Å². The topological polar surface area (TPSA) is 58.6 Å². The smallest absolute Gasteiger partial charge is 0.261 e. The Hall–Kier alpha value is -0.910. The van der Waals surface area contributed by atoms with Crippen molar-refractivity contribution in [3.63, 3.8) is 0 Å². The number of thiophene rings is 1. The molecular formula is C12H17NO3S. The predicted molar refractivity (Wildman–Crippen MR) is 66.4 cm³/mol. The van der Waals surface area contributed by atoms with Crippen LogP contribution < -0.4 is 5.32 Å². The van der Waals surface area contributed by atoms with E-state index >= 15 is 0 Å². The maximum absolute atomic E-state index is 11.9. The van der Waals surface area contributed by atoms with Gasteiger partial charge in [0.15, 0.2) is 0 Å². The summed E-state index contributed by atoms with van der Waals surface area (Å²) >= 11 is 1.41. The average molecular weight is 255 g/mol. The second-order valence-corrected chi connectivity index (χ2v) is 5.40. The van der Waals surface area contributed by atoms with Crippen LogP contribution in [0.25, 0.3) is 0 Å². The second-order valence-electron chi connectivity index (χ2n) is 4.48. The zero-order valence-electron chi connectivity index (χ0n) is 10.0. The number of hydrogen-bond acceptors (Lipinski definition) is 4. The van der Waals surface area contributed by atoms with E-state index in [1.807, 2.05) is 25.3 Å². The van der Waals surface area contributed by atoms with E-state index in [2.05, 4.69) is 5.32 Å². The fraction of sp³-hybridized carbons (Fsp3) is 0.583. The Morgan fingerprint density at radius 1 is 1.76 bits per heavy atom. The lowest BCUT2D eigenvalue weighted by Crippen LogP contribution is -2.47. The summed E-state index contributed by atoms with van der Waals surface area (Å²) in [5.41, 5.74) is 0.0380. The second kappa shape index (κ2) is 4.76. The molecule has 2 N–H and O–H groups in total. The van der Waals surface area contributed by atoms with Gasteiger partial charge in [-0.3, -0.25) is 4.79 Å². The molecule has 2 unspecified atom stereocenters. The molecule has 0 aliphatic carbocycles. The number of nitrogens with one attached hydrogen (secondary N) is 1. The van der Waals surface area contributed by atoms with Gasteiger partial charge in [-0.25, -0.2) is 0 Å². The summed E-state index contributed by atoms with van der Waals surface area (Å²) < 4.78 is 5.32. The minimum atomic E-state index is -0.930. The number of aliphatic hydroxyl groups is 1. The SMILES string of the molecule is Cc1ccsc1C(=O)NCC1(O)CCOC1C. The first-order valence-corrected chi connectivity index (χ1v) is 6.57. The molecule has 1 amide bonds. The van der Waals surface area contributed by atoms with Crippen molar-refractivity contribution in [3.8, 4) is 0 Å². The van der Waals surface area contributed by atoms with Crippen molar-refractivity contribution in [2.45, 2.75) is 32.0 Å². The lowest BCUT2D eigenvalue weighted by molar-refractivity contribution is -0.0251. The predicted octanol–water partition coefficient (Wildman–Crippen LogP) is 1.33. The van der Waals surface area contributed by atoms with Crippen LogP contribution in [-0.4, -0.2) is 35.9 Å². The van der Waals surface area contributed by atoms with Gasteiger partial charge in [0.25, 0.3) is 5.91 Å². The molecule has 17 heavy (non-hydrogen) atoms. The van der Waals surface area contributed by atoms with Crippen molar-refractivity contribution in [2.75, 3.05) is 13.2 Å². The molecule has 1 aromatic rings. The molecule has 0 spiro atoms. The third kappa shape index (κ3) is 2.51. The van der Waals surface area contributed by atoms with Crippen LogP contribution in [0.15, 0.2) is 11.4 Å². The van der Waals surface area contributed by atoms with Crippen molar-refractivity contribution in [1.82, 2.24) is 5.32 Å². The van der Waals surface area contributed by atoms with Gasteiger partial charge in [-0.2, -0.15) is 0 Å². The van der Waals surface area contributed by atoms with E-state index in [4.69, 9.17) is 4.74 Å². The van der Waals surface area contributed by atoms with Crippen LogP contribution in [0, 0.1) is 6.92 Å². The first-order valence-electron chi connectivity index (χ1n) is 5.69. The summed E-state index contributed by atoms with van der Waals surface area (Å²) in [6.45, 7) is 4.52.